The van der Waals surface area contributed by atoms with Crippen LogP contribution >= 0.6 is 23.8 Å². The van der Waals surface area contributed by atoms with Gasteiger partial charge in [-0.15, -0.1) is 11.6 Å². The SMILES string of the molecule is CC1(C)O[C@@](C)([C@H]2CC[C@](C)(N=C=S)[C@H]3CC[C@@](C)(O)[C@H](NC=O)[C@H]23)CC[C@@H]1Cl. The number of fused-ring (bicyclic) bond motifs is 1. The number of hydrogen-bond donors (Lipinski definition) is 2. The Kier molecular flexibility index (Phi) is 6.28. The lowest BCUT2D eigenvalue weighted by Crippen LogP contribution is -2.68. The van der Waals surface area contributed by atoms with E-state index in [0.29, 0.717) is 6.42 Å². The second-order valence-electron chi connectivity index (χ2n) is 10.6. The number of amides is 1. The molecule has 0 unspecified atom stereocenters. The van der Waals surface area contributed by atoms with Gasteiger partial charge in [-0.1, -0.05) is 0 Å². The van der Waals surface area contributed by atoms with Crippen LogP contribution in [0, 0.1) is 17.8 Å². The summed E-state index contributed by atoms with van der Waals surface area (Å²) in [6.45, 7) is 10.3. The van der Waals surface area contributed by atoms with Crippen molar-refractivity contribution in [1.82, 2.24) is 5.32 Å². The second-order valence-corrected chi connectivity index (χ2v) is 11.3. The second kappa shape index (κ2) is 7.87. The number of nitrogens with zero attached hydrogens (tertiary/aromatic N) is 1. The topological polar surface area (TPSA) is 70.9 Å². The number of alkyl halides is 1. The number of rotatable bonds is 4. The fraction of sp³-hybridized carbons (Fsp3) is 0.909. The van der Waals surface area contributed by atoms with E-state index in [4.69, 9.17) is 28.6 Å². The number of isothiocyanates is 1. The average Bonchev–Trinajstić information content (AvgIpc) is 2.61. The number of nitrogens with one attached hydrogen (secondary N) is 1. The first-order valence-corrected chi connectivity index (χ1v) is 11.6. The molecular formula is C22H35ClN2O3S. The molecule has 1 amide bonds. The highest BCUT2D eigenvalue weighted by atomic mass is 35.5. The first-order chi connectivity index (χ1) is 13.4. The molecular weight excluding hydrogens is 408 g/mol. The lowest BCUT2D eigenvalue weighted by atomic mass is 9.51. The van der Waals surface area contributed by atoms with Crippen molar-refractivity contribution in [2.45, 2.75) is 107 Å². The minimum atomic E-state index is -0.977. The third-order valence-electron chi connectivity index (χ3n) is 8.18. The van der Waals surface area contributed by atoms with Crippen LogP contribution in [0.25, 0.3) is 0 Å². The highest BCUT2D eigenvalue weighted by molar-refractivity contribution is 7.78. The summed E-state index contributed by atoms with van der Waals surface area (Å²) in [5.74, 6) is 0.391. The summed E-state index contributed by atoms with van der Waals surface area (Å²) in [6.07, 6.45) is 5.70. The van der Waals surface area contributed by atoms with E-state index < -0.39 is 11.2 Å². The van der Waals surface area contributed by atoms with Crippen LogP contribution in [0.1, 0.15) is 73.1 Å². The molecule has 2 saturated carbocycles. The maximum atomic E-state index is 11.5. The molecule has 1 saturated heterocycles. The quantitative estimate of drug-likeness (QED) is 0.297. The van der Waals surface area contributed by atoms with E-state index in [0.717, 1.165) is 38.5 Å². The van der Waals surface area contributed by atoms with Crippen LogP contribution in [0.15, 0.2) is 4.99 Å². The number of halogens is 1. The summed E-state index contributed by atoms with van der Waals surface area (Å²) in [5.41, 5.74) is -2.12. The van der Waals surface area contributed by atoms with E-state index in [1.807, 2.05) is 6.92 Å². The normalized spacial score (nSPS) is 49.4. The molecule has 29 heavy (non-hydrogen) atoms. The van der Waals surface area contributed by atoms with Gasteiger partial charge in [-0.25, -0.2) is 4.99 Å². The summed E-state index contributed by atoms with van der Waals surface area (Å²) in [5, 5.41) is 16.7. The van der Waals surface area contributed by atoms with Crippen LogP contribution in [0.5, 0.6) is 0 Å². The van der Waals surface area contributed by atoms with Crippen LogP contribution in [0.4, 0.5) is 0 Å². The predicted molar refractivity (Wildman–Crippen MR) is 118 cm³/mol. The van der Waals surface area contributed by atoms with Gasteiger partial charge in [0.1, 0.15) is 0 Å². The zero-order chi connectivity index (χ0) is 21.7. The number of ether oxygens (including phenoxy) is 1. The highest BCUT2D eigenvalue weighted by Gasteiger charge is 2.61. The Morgan fingerprint density at radius 1 is 1.14 bits per heavy atom. The predicted octanol–water partition coefficient (Wildman–Crippen LogP) is 4.10. The van der Waals surface area contributed by atoms with Crippen LogP contribution in [0.3, 0.4) is 0 Å². The maximum absolute atomic E-state index is 11.5. The zero-order valence-corrected chi connectivity index (χ0v) is 19.8. The van der Waals surface area contributed by atoms with Crippen molar-refractivity contribution in [3.63, 3.8) is 0 Å². The number of thiocarbonyl (C=S) groups is 1. The van der Waals surface area contributed by atoms with Crippen molar-refractivity contribution >= 4 is 35.4 Å². The van der Waals surface area contributed by atoms with Crippen molar-refractivity contribution in [2.75, 3.05) is 0 Å². The van der Waals surface area contributed by atoms with Crippen molar-refractivity contribution in [2.24, 2.45) is 22.7 Å². The molecule has 0 spiro atoms. The summed E-state index contributed by atoms with van der Waals surface area (Å²) in [4.78, 5) is 16.1. The standard InChI is InChI=1S/C22H35ClN2O3S/c1-19(2)16(23)8-11-22(5,28-19)15-6-9-20(3,25-13-29)14-7-10-21(4,27)18(17(14)15)24-12-26/h12,14-18,27H,6-11H2,1-5H3,(H,24,26)/t14-,15-,16-,17-,18+,20-,21+,22+/m0/s1. The van der Waals surface area contributed by atoms with Gasteiger partial charge in [0, 0.05) is 0 Å². The molecule has 5 nitrogen and oxygen atoms in total. The average molecular weight is 443 g/mol. The van der Waals surface area contributed by atoms with Crippen LogP contribution in [-0.4, -0.2) is 50.4 Å². The van der Waals surface area contributed by atoms with E-state index in [2.05, 4.69) is 43.2 Å². The van der Waals surface area contributed by atoms with Crippen molar-refractivity contribution in [1.29, 1.82) is 0 Å². The van der Waals surface area contributed by atoms with Gasteiger partial charge in [-0.2, -0.15) is 0 Å². The van der Waals surface area contributed by atoms with Gasteiger partial charge in [0.25, 0.3) is 0 Å². The lowest BCUT2D eigenvalue weighted by molar-refractivity contribution is -0.222. The third-order valence-corrected chi connectivity index (χ3v) is 9.02. The van der Waals surface area contributed by atoms with E-state index in [9.17, 15) is 9.90 Å². The first kappa shape index (κ1) is 23.1. The Morgan fingerprint density at radius 3 is 2.38 bits per heavy atom. The fourth-order valence-electron chi connectivity index (χ4n) is 6.56. The molecule has 1 heterocycles. The lowest BCUT2D eigenvalue weighted by Gasteiger charge is -2.61. The molecule has 0 aromatic rings. The Balaban J connectivity index is 2.05. The minimum Gasteiger partial charge on any atom is -0.388 e. The summed E-state index contributed by atoms with van der Waals surface area (Å²) >= 11 is 11.5. The molecule has 1 aliphatic heterocycles. The summed E-state index contributed by atoms with van der Waals surface area (Å²) in [7, 11) is 0. The van der Waals surface area contributed by atoms with Crippen molar-refractivity contribution in [3.8, 4) is 0 Å². The molecule has 0 aromatic carbocycles. The molecule has 164 valence electrons. The van der Waals surface area contributed by atoms with E-state index in [1.54, 1.807) is 0 Å². The monoisotopic (exact) mass is 442 g/mol. The Bertz CT molecular complexity index is 696. The summed E-state index contributed by atoms with van der Waals surface area (Å²) < 4.78 is 6.69. The fourth-order valence-corrected chi connectivity index (χ4v) is 6.93. The largest absolute Gasteiger partial charge is 0.388 e. The van der Waals surface area contributed by atoms with Crippen LogP contribution in [-0.2, 0) is 9.53 Å². The molecule has 2 N–H and O–H groups in total. The highest BCUT2D eigenvalue weighted by Crippen LogP contribution is 2.57. The molecule has 7 heteroatoms. The number of carbonyl (C=O) groups is 1. The molecule has 0 bridgehead atoms. The third kappa shape index (κ3) is 4.04. The van der Waals surface area contributed by atoms with Crippen molar-refractivity contribution < 1.29 is 14.6 Å². The molecule has 0 radical (unpaired) electrons. The molecule has 3 fully saturated rings. The molecule has 3 rings (SSSR count). The molecule has 8 atom stereocenters. The first-order valence-electron chi connectivity index (χ1n) is 10.8. The van der Waals surface area contributed by atoms with Gasteiger partial charge in [0.2, 0.25) is 6.41 Å². The van der Waals surface area contributed by atoms with Gasteiger partial charge in [-0.3, -0.25) is 4.79 Å². The Labute approximate surface area is 185 Å². The van der Waals surface area contributed by atoms with Crippen LogP contribution < -0.4 is 5.32 Å². The van der Waals surface area contributed by atoms with Gasteiger partial charge >= 0.3 is 0 Å². The zero-order valence-electron chi connectivity index (χ0n) is 18.2. The maximum Gasteiger partial charge on any atom is 0.207 e. The van der Waals surface area contributed by atoms with E-state index in [1.165, 1.54) is 0 Å². The van der Waals surface area contributed by atoms with E-state index >= 15 is 0 Å². The Morgan fingerprint density at radius 2 is 1.79 bits per heavy atom. The van der Waals surface area contributed by atoms with Crippen molar-refractivity contribution in [3.05, 3.63) is 0 Å². The van der Waals surface area contributed by atoms with Gasteiger partial charge in [0.05, 0.1) is 38.9 Å². The number of aliphatic imine (C=N–C) groups is 1. The summed E-state index contributed by atoms with van der Waals surface area (Å²) in [6, 6.07) is -0.360. The number of aliphatic hydroxyl groups is 1. The van der Waals surface area contributed by atoms with Gasteiger partial charge < -0.3 is 15.2 Å². The minimum absolute atomic E-state index is 0.0296. The number of hydrogen-bond acceptors (Lipinski definition) is 5. The Hall–Kier alpha value is -0.520. The smallest absolute Gasteiger partial charge is 0.207 e. The molecule has 0 aromatic heterocycles. The molecule has 3 aliphatic rings. The van der Waals surface area contributed by atoms with Gasteiger partial charge in [-0.05, 0) is 103 Å². The van der Waals surface area contributed by atoms with Gasteiger partial charge in [0.15, 0.2) is 0 Å². The molecule has 2 aliphatic carbocycles. The number of carbonyl (C=O) groups excluding carboxylic acids is 1. The van der Waals surface area contributed by atoms with Crippen LogP contribution in [0.2, 0.25) is 0 Å². The van der Waals surface area contributed by atoms with E-state index in [-0.39, 0.29) is 40.3 Å².